The summed E-state index contributed by atoms with van der Waals surface area (Å²) in [5.74, 6) is 0.344. The highest BCUT2D eigenvalue weighted by molar-refractivity contribution is 6.00. The van der Waals surface area contributed by atoms with Crippen molar-refractivity contribution in [2.24, 2.45) is 5.41 Å². The summed E-state index contributed by atoms with van der Waals surface area (Å²) in [6, 6.07) is 5.90. The fourth-order valence-corrected chi connectivity index (χ4v) is 3.53. The van der Waals surface area contributed by atoms with Crippen LogP contribution in [-0.4, -0.2) is 20.5 Å². The third-order valence-electron chi connectivity index (χ3n) is 4.44. The average molecular weight is 312 g/mol. The standard InChI is InChI=1S/C17H17FN4O/c1-17(2)7-12-14(13(23)8-17)15(10-4-3-5-11(18)6-10)22-16(21-12)19-9-20-22/h3-6,9,15H,7-8H2,1-2H3,(H,19,20,21). The van der Waals surface area contributed by atoms with Crippen LogP contribution in [0.2, 0.25) is 0 Å². The van der Waals surface area contributed by atoms with E-state index in [0.29, 0.717) is 23.5 Å². The van der Waals surface area contributed by atoms with Gasteiger partial charge in [0.1, 0.15) is 18.2 Å². The summed E-state index contributed by atoms with van der Waals surface area (Å²) >= 11 is 0. The van der Waals surface area contributed by atoms with E-state index in [1.165, 1.54) is 18.5 Å². The average Bonchev–Trinajstić information content (AvgIpc) is 2.91. The van der Waals surface area contributed by atoms with E-state index in [1.807, 2.05) is 6.07 Å². The van der Waals surface area contributed by atoms with Crippen molar-refractivity contribution >= 4 is 11.7 Å². The number of carbonyl (C=O) groups excluding carboxylic acids is 1. The van der Waals surface area contributed by atoms with E-state index in [1.54, 1.807) is 10.7 Å². The van der Waals surface area contributed by atoms with Crippen molar-refractivity contribution in [2.75, 3.05) is 5.32 Å². The van der Waals surface area contributed by atoms with Crippen molar-refractivity contribution in [3.63, 3.8) is 0 Å². The Hall–Kier alpha value is -2.50. The number of halogens is 1. The monoisotopic (exact) mass is 312 g/mol. The molecule has 0 spiro atoms. The van der Waals surface area contributed by atoms with Gasteiger partial charge in [-0.3, -0.25) is 4.79 Å². The second-order valence-corrected chi connectivity index (χ2v) is 6.94. The Kier molecular flexibility index (Phi) is 2.91. The van der Waals surface area contributed by atoms with Crippen molar-refractivity contribution in [3.05, 3.63) is 53.2 Å². The van der Waals surface area contributed by atoms with Crippen molar-refractivity contribution in [2.45, 2.75) is 32.7 Å². The Balaban J connectivity index is 1.91. The predicted molar refractivity (Wildman–Crippen MR) is 83.2 cm³/mol. The predicted octanol–water partition coefficient (Wildman–Crippen LogP) is 3.08. The summed E-state index contributed by atoms with van der Waals surface area (Å²) in [7, 11) is 0. The van der Waals surface area contributed by atoms with Gasteiger partial charge in [0.15, 0.2) is 5.78 Å². The van der Waals surface area contributed by atoms with Crippen LogP contribution < -0.4 is 5.32 Å². The van der Waals surface area contributed by atoms with Gasteiger partial charge in [-0.05, 0) is 29.5 Å². The molecule has 0 fully saturated rings. The summed E-state index contributed by atoms with van der Waals surface area (Å²) in [5.41, 5.74) is 2.16. The quantitative estimate of drug-likeness (QED) is 0.879. The van der Waals surface area contributed by atoms with Crippen LogP contribution in [0.4, 0.5) is 10.3 Å². The fourth-order valence-electron chi connectivity index (χ4n) is 3.53. The van der Waals surface area contributed by atoms with Crippen LogP contribution in [0, 0.1) is 11.2 Å². The van der Waals surface area contributed by atoms with Gasteiger partial charge >= 0.3 is 0 Å². The molecule has 1 unspecified atom stereocenters. The summed E-state index contributed by atoms with van der Waals surface area (Å²) in [5, 5.41) is 7.47. The molecule has 2 aliphatic rings. The molecule has 118 valence electrons. The van der Waals surface area contributed by atoms with E-state index in [0.717, 1.165) is 12.1 Å². The van der Waals surface area contributed by atoms with Crippen LogP contribution in [0.3, 0.4) is 0 Å². The molecule has 23 heavy (non-hydrogen) atoms. The van der Waals surface area contributed by atoms with Crippen molar-refractivity contribution in [1.82, 2.24) is 14.8 Å². The first-order chi connectivity index (χ1) is 10.9. The molecule has 1 atom stereocenters. The lowest BCUT2D eigenvalue weighted by molar-refractivity contribution is -0.118. The Morgan fingerprint density at radius 1 is 1.35 bits per heavy atom. The molecular formula is C17H17FN4O. The molecule has 0 amide bonds. The van der Waals surface area contributed by atoms with Gasteiger partial charge in [-0.2, -0.15) is 10.1 Å². The fraction of sp³-hybridized carbons (Fsp3) is 0.353. The van der Waals surface area contributed by atoms with Crippen molar-refractivity contribution < 1.29 is 9.18 Å². The highest BCUT2D eigenvalue weighted by Crippen LogP contribution is 2.45. The van der Waals surface area contributed by atoms with Crippen LogP contribution in [0.5, 0.6) is 0 Å². The number of benzene rings is 1. The van der Waals surface area contributed by atoms with E-state index in [-0.39, 0.29) is 17.0 Å². The molecule has 0 bridgehead atoms. The van der Waals surface area contributed by atoms with Gasteiger partial charge < -0.3 is 5.32 Å². The molecule has 0 radical (unpaired) electrons. The molecule has 6 heteroatoms. The zero-order valence-corrected chi connectivity index (χ0v) is 13.0. The molecular weight excluding hydrogens is 295 g/mol. The van der Waals surface area contributed by atoms with Gasteiger partial charge in [-0.15, -0.1) is 0 Å². The number of fused-ring (bicyclic) bond motifs is 1. The van der Waals surface area contributed by atoms with Crippen LogP contribution in [0.15, 0.2) is 41.9 Å². The number of allylic oxidation sites excluding steroid dienone is 2. The molecule has 4 rings (SSSR count). The molecule has 0 saturated carbocycles. The van der Waals surface area contributed by atoms with Gasteiger partial charge in [0.2, 0.25) is 5.95 Å². The number of aromatic nitrogens is 3. The molecule has 5 nitrogen and oxygen atoms in total. The van der Waals surface area contributed by atoms with Gasteiger partial charge in [-0.1, -0.05) is 26.0 Å². The van der Waals surface area contributed by atoms with Gasteiger partial charge in [0.05, 0.1) is 0 Å². The lowest BCUT2D eigenvalue weighted by Gasteiger charge is -2.38. The minimum absolute atomic E-state index is 0.0826. The Labute approximate surface area is 133 Å². The zero-order chi connectivity index (χ0) is 16.2. The number of rotatable bonds is 1. The summed E-state index contributed by atoms with van der Waals surface area (Å²) < 4.78 is 15.4. The Morgan fingerprint density at radius 3 is 2.96 bits per heavy atom. The third kappa shape index (κ3) is 2.25. The SMILES string of the molecule is CC1(C)CC(=O)C2=C(C1)Nc1ncnn1C2c1cccc(F)c1. The molecule has 2 heterocycles. The largest absolute Gasteiger partial charge is 0.328 e. The second kappa shape index (κ2) is 4.75. The summed E-state index contributed by atoms with van der Waals surface area (Å²) in [4.78, 5) is 17.0. The number of hydrogen-bond donors (Lipinski definition) is 1. The summed E-state index contributed by atoms with van der Waals surface area (Å²) in [6.45, 7) is 4.15. The number of hydrogen-bond acceptors (Lipinski definition) is 4. The number of nitrogens with zero attached hydrogens (tertiary/aromatic N) is 3. The first-order valence-electron chi connectivity index (χ1n) is 7.63. The molecule has 2 aromatic rings. The maximum absolute atomic E-state index is 13.7. The molecule has 1 aromatic heterocycles. The number of Topliss-reactive ketones (excluding diaryl/α,β-unsaturated/α-hetero) is 1. The normalized spacial score (nSPS) is 22.4. The molecule has 1 N–H and O–H groups in total. The lowest BCUT2D eigenvalue weighted by atomic mass is 9.73. The first kappa shape index (κ1) is 14.1. The molecule has 1 aliphatic heterocycles. The Morgan fingerprint density at radius 2 is 2.17 bits per heavy atom. The smallest absolute Gasteiger partial charge is 0.226 e. The lowest BCUT2D eigenvalue weighted by Crippen LogP contribution is -2.36. The van der Waals surface area contributed by atoms with E-state index in [9.17, 15) is 9.18 Å². The molecule has 0 saturated heterocycles. The Bertz CT molecular complexity index is 837. The van der Waals surface area contributed by atoms with Gasteiger partial charge in [0.25, 0.3) is 0 Å². The van der Waals surface area contributed by atoms with E-state index in [4.69, 9.17) is 0 Å². The second-order valence-electron chi connectivity index (χ2n) is 6.94. The summed E-state index contributed by atoms with van der Waals surface area (Å²) in [6.07, 6.45) is 2.68. The number of anilines is 1. The van der Waals surface area contributed by atoms with Crippen LogP contribution in [0.1, 0.15) is 38.3 Å². The van der Waals surface area contributed by atoms with E-state index < -0.39 is 6.04 Å². The van der Waals surface area contributed by atoms with Crippen LogP contribution >= 0.6 is 0 Å². The van der Waals surface area contributed by atoms with Crippen molar-refractivity contribution in [1.29, 1.82) is 0 Å². The third-order valence-corrected chi connectivity index (χ3v) is 4.44. The van der Waals surface area contributed by atoms with Crippen molar-refractivity contribution in [3.8, 4) is 0 Å². The minimum Gasteiger partial charge on any atom is -0.328 e. The molecule has 1 aromatic carbocycles. The maximum atomic E-state index is 13.7. The van der Waals surface area contributed by atoms with Crippen LogP contribution in [-0.2, 0) is 4.79 Å². The zero-order valence-electron chi connectivity index (χ0n) is 13.0. The maximum Gasteiger partial charge on any atom is 0.226 e. The molecule has 1 aliphatic carbocycles. The highest BCUT2D eigenvalue weighted by Gasteiger charge is 2.41. The highest BCUT2D eigenvalue weighted by atomic mass is 19.1. The van der Waals surface area contributed by atoms with E-state index in [2.05, 4.69) is 29.2 Å². The number of ketones is 1. The number of carbonyl (C=O) groups is 1. The topological polar surface area (TPSA) is 59.8 Å². The first-order valence-corrected chi connectivity index (χ1v) is 7.63. The minimum atomic E-state index is -0.428. The number of nitrogens with one attached hydrogen (secondary N) is 1. The van der Waals surface area contributed by atoms with E-state index >= 15 is 0 Å². The van der Waals surface area contributed by atoms with Gasteiger partial charge in [0, 0.05) is 17.7 Å². The van der Waals surface area contributed by atoms with Gasteiger partial charge in [-0.25, -0.2) is 9.07 Å². The van der Waals surface area contributed by atoms with Crippen LogP contribution in [0.25, 0.3) is 0 Å².